The molecule has 2 rings (SSSR count). The zero-order valence-corrected chi connectivity index (χ0v) is 11.8. The molecule has 0 amide bonds. The first-order valence-electron chi connectivity index (χ1n) is 7.35. The van der Waals surface area contributed by atoms with Gasteiger partial charge in [-0.3, -0.25) is 0 Å². The lowest BCUT2D eigenvalue weighted by molar-refractivity contribution is 0.164. The molecule has 0 saturated heterocycles. The summed E-state index contributed by atoms with van der Waals surface area (Å²) in [6, 6.07) is 8.34. The minimum absolute atomic E-state index is 0.411. The van der Waals surface area contributed by atoms with E-state index >= 15 is 0 Å². The molecular weight excluding hydrogens is 238 g/mol. The van der Waals surface area contributed by atoms with Gasteiger partial charge in [0.1, 0.15) is 5.75 Å². The van der Waals surface area contributed by atoms with Crippen LogP contribution in [0.2, 0.25) is 0 Å². The van der Waals surface area contributed by atoms with Crippen molar-refractivity contribution in [3.63, 3.8) is 0 Å². The Labute approximate surface area is 116 Å². The van der Waals surface area contributed by atoms with Gasteiger partial charge < -0.3 is 15.2 Å². The summed E-state index contributed by atoms with van der Waals surface area (Å²) >= 11 is 0. The predicted octanol–water partition coefficient (Wildman–Crippen LogP) is 3.04. The molecule has 2 N–H and O–H groups in total. The summed E-state index contributed by atoms with van der Waals surface area (Å²) in [5.74, 6) is 0.803. The van der Waals surface area contributed by atoms with Gasteiger partial charge in [-0.2, -0.15) is 0 Å². The van der Waals surface area contributed by atoms with Crippen LogP contribution >= 0.6 is 0 Å². The Kier molecular flexibility index (Phi) is 5.67. The largest absolute Gasteiger partial charge is 0.497 e. The van der Waals surface area contributed by atoms with Crippen molar-refractivity contribution in [2.24, 2.45) is 0 Å². The number of methoxy groups -OCH3 is 1. The van der Waals surface area contributed by atoms with Crippen LogP contribution in [0.1, 0.15) is 50.2 Å². The standard InChI is InChI=1S/C16H25NO2/c1-19-15-9-5-6-13(12-15)16(18)10-11-17-14-7-3-2-4-8-14/h5-6,9,12,14,16-18H,2-4,7-8,10-11H2,1H3. The summed E-state index contributed by atoms with van der Waals surface area (Å²) in [4.78, 5) is 0. The van der Waals surface area contributed by atoms with Gasteiger partial charge in [-0.15, -0.1) is 0 Å². The third-order valence-electron chi connectivity index (χ3n) is 3.93. The quantitative estimate of drug-likeness (QED) is 0.829. The maximum atomic E-state index is 10.2. The van der Waals surface area contributed by atoms with Crippen LogP contribution in [0.3, 0.4) is 0 Å². The van der Waals surface area contributed by atoms with Crippen LogP contribution in [0, 0.1) is 0 Å². The van der Waals surface area contributed by atoms with Gasteiger partial charge in [0.15, 0.2) is 0 Å². The molecule has 0 aromatic heterocycles. The molecule has 19 heavy (non-hydrogen) atoms. The average Bonchev–Trinajstić information content (AvgIpc) is 2.48. The SMILES string of the molecule is COc1cccc(C(O)CCNC2CCCCC2)c1. The molecule has 0 spiro atoms. The van der Waals surface area contributed by atoms with E-state index in [0.717, 1.165) is 24.3 Å². The molecule has 3 heteroatoms. The lowest BCUT2D eigenvalue weighted by Gasteiger charge is -2.23. The number of aliphatic hydroxyl groups is 1. The Balaban J connectivity index is 1.75. The summed E-state index contributed by atoms with van der Waals surface area (Å²) in [7, 11) is 1.65. The number of benzene rings is 1. The molecule has 1 aliphatic carbocycles. The lowest BCUT2D eigenvalue weighted by atomic mass is 9.95. The fraction of sp³-hybridized carbons (Fsp3) is 0.625. The molecule has 1 aromatic rings. The van der Waals surface area contributed by atoms with Gasteiger partial charge >= 0.3 is 0 Å². The van der Waals surface area contributed by atoms with Crippen molar-refractivity contribution in [1.29, 1.82) is 0 Å². The maximum Gasteiger partial charge on any atom is 0.119 e. The van der Waals surface area contributed by atoms with E-state index in [1.54, 1.807) is 7.11 Å². The molecule has 0 bridgehead atoms. The molecule has 1 aliphatic rings. The van der Waals surface area contributed by atoms with E-state index in [9.17, 15) is 5.11 Å². The molecule has 1 fully saturated rings. The fourth-order valence-electron chi connectivity index (χ4n) is 2.75. The highest BCUT2D eigenvalue weighted by Crippen LogP contribution is 2.22. The van der Waals surface area contributed by atoms with Gasteiger partial charge in [0.25, 0.3) is 0 Å². The van der Waals surface area contributed by atoms with Crippen LogP contribution < -0.4 is 10.1 Å². The molecule has 1 atom stereocenters. The third-order valence-corrected chi connectivity index (χ3v) is 3.93. The Hall–Kier alpha value is -1.06. The van der Waals surface area contributed by atoms with E-state index in [1.807, 2.05) is 24.3 Å². The second-order valence-corrected chi connectivity index (χ2v) is 5.37. The van der Waals surface area contributed by atoms with Crippen molar-refractivity contribution in [2.45, 2.75) is 50.7 Å². The zero-order chi connectivity index (χ0) is 13.5. The zero-order valence-electron chi connectivity index (χ0n) is 11.8. The number of rotatable bonds is 6. The molecule has 1 unspecified atom stereocenters. The molecule has 0 radical (unpaired) electrons. The summed E-state index contributed by atoms with van der Waals surface area (Å²) in [5.41, 5.74) is 0.935. The minimum Gasteiger partial charge on any atom is -0.497 e. The van der Waals surface area contributed by atoms with E-state index in [4.69, 9.17) is 4.74 Å². The minimum atomic E-state index is -0.411. The molecule has 0 aliphatic heterocycles. The monoisotopic (exact) mass is 263 g/mol. The number of ether oxygens (including phenoxy) is 1. The normalized spacial score (nSPS) is 18.2. The van der Waals surface area contributed by atoms with Crippen LogP contribution in [0.4, 0.5) is 0 Å². The van der Waals surface area contributed by atoms with Crippen molar-refractivity contribution in [1.82, 2.24) is 5.32 Å². The van der Waals surface area contributed by atoms with E-state index < -0.39 is 6.10 Å². The van der Waals surface area contributed by atoms with E-state index in [1.165, 1.54) is 32.1 Å². The smallest absolute Gasteiger partial charge is 0.119 e. The molecule has 106 valence electrons. The highest BCUT2D eigenvalue weighted by Gasteiger charge is 2.13. The number of hydrogen-bond donors (Lipinski definition) is 2. The molecule has 1 aromatic carbocycles. The first-order chi connectivity index (χ1) is 9.29. The van der Waals surface area contributed by atoms with E-state index in [-0.39, 0.29) is 0 Å². The van der Waals surface area contributed by atoms with Crippen LogP contribution in [-0.2, 0) is 0 Å². The second kappa shape index (κ2) is 7.51. The number of aliphatic hydroxyl groups excluding tert-OH is 1. The van der Waals surface area contributed by atoms with Crippen molar-refractivity contribution in [3.05, 3.63) is 29.8 Å². The van der Waals surface area contributed by atoms with Gasteiger partial charge in [-0.1, -0.05) is 31.4 Å². The lowest BCUT2D eigenvalue weighted by Crippen LogP contribution is -2.32. The van der Waals surface area contributed by atoms with Gasteiger partial charge in [-0.25, -0.2) is 0 Å². The van der Waals surface area contributed by atoms with Gasteiger partial charge in [0.05, 0.1) is 13.2 Å². The third kappa shape index (κ3) is 4.51. The molecule has 1 saturated carbocycles. The van der Waals surface area contributed by atoms with Crippen molar-refractivity contribution >= 4 is 0 Å². The van der Waals surface area contributed by atoms with E-state index in [2.05, 4.69) is 5.32 Å². The molecular formula is C16H25NO2. The van der Waals surface area contributed by atoms with Crippen molar-refractivity contribution in [2.75, 3.05) is 13.7 Å². The van der Waals surface area contributed by atoms with Crippen LogP contribution in [0.15, 0.2) is 24.3 Å². The fourth-order valence-corrected chi connectivity index (χ4v) is 2.75. The summed E-state index contributed by atoms with van der Waals surface area (Å²) in [6.07, 6.45) is 6.98. The Morgan fingerprint density at radius 1 is 1.32 bits per heavy atom. The first-order valence-corrected chi connectivity index (χ1v) is 7.35. The summed E-state index contributed by atoms with van der Waals surface area (Å²) < 4.78 is 5.18. The van der Waals surface area contributed by atoms with Gasteiger partial charge in [0.2, 0.25) is 0 Å². The Morgan fingerprint density at radius 2 is 2.11 bits per heavy atom. The second-order valence-electron chi connectivity index (χ2n) is 5.37. The molecule has 0 heterocycles. The van der Waals surface area contributed by atoms with Crippen LogP contribution in [-0.4, -0.2) is 24.8 Å². The van der Waals surface area contributed by atoms with Gasteiger partial charge in [0, 0.05) is 6.04 Å². The van der Waals surface area contributed by atoms with E-state index in [0.29, 0.717) is 6.04 Å². The highest BCUT2D eigenvalue weighted by atomic mass is 16.5. The first kappa shape index (κ1) is 14.4. The van der Waals surface area contributed by atoms with Crippen LogP contribution in [0.25, 0.3) is 0 Å². The Bertz CT molecular complexity index is 375. The Morgan fingerprint density at radius 3 is 2.84 bits per heavy atom. The number of hydrogen-bond acceptors (Lipinski definition) is 3. The van der Waals surface area contributed by atoms with Crippen LogP contribution in [0.5, 0.6) is 5.75 Å². The number of nitrogens with one attached hydrogen (secondary N) is 1. The van der Waals surface area contributed by atoms with Gasteiger partial charge in [-0.05, 0) is 43.5 Å². The highest BCUT2D eigenvalue weighted by molar-refractivity contribution is 5.29. The predicted molar refractivity (Wildman–Crippen MR) is 77.4 cm³/mol. The maximum absolute atomic E-state index is 10.2. The molecule has 3 nitrogen and oxygen atoms in total. The van der Waals surface area contributed by atoms with Crippen molar-refractivity contribution in [3.8, 4) is 5.75 Å². The summed E-state index contributed by atoms with van der Waals surface area (Å²) in [6.45, 7) is 0.878. The summed E-state index contributed by atoms with van der Waals surface area (Å²) in [5, 5.41) is 13.7. The van der Waals surface area contributed by atoms with Crippen molar-refractivity contribution < 1.29 is 9.84 Å². The average molecular weight is 263 g/mol. The topological polar surface area (TPSA) is 41.5 Å².